The first-order valence-electron chi connectivity index (χ1n) is 7.87. The monoisotopic (exact) mass is 319 g/mol. The van der Waals surface area contributed by atoms with Gasteiger partial charge in [0.1, 0.15) is 0 Å². The van der Waals surface area contributed by atoms with Crippen molar-refractivity contribution in [3.63, 3.8) is 0 Å². The Bertz CT molecular complexity index is 725. The molecule has 22 heavy (non-hydrogen) atoms. The summed E-state index contributed by atoms with van der Waals surface area (Å²) < 4.78 is 27.1. The van der Waals surface area contributed by atoms with Gasteiger partial charge in [0.15, 0.2) is 0 Å². The van der Waals surface area contributed by atoms with Crippen LogP contribution in [0, 0.1) is 5.92 Å². The third-order valence-corrected chi connectivity index (χ3v) is 5.71. The fraction of sp³-hybridized carbons (Fsp3) is 0.444. The molecule has 0 saturated heterocycles. The Morgan fingerprint density at radius 3 is 2.41 bits per heavy atom. The summed E-state index contributed by atoms with van der Waals surface area (Å²) >= 11 is 0. The lowest BCUT2D eigenvalue weighted by Gasteiger charge is -2.15. The molecule has 120 valence electrons. The van der Waals surface area contributed by atoms with Crippen LogP contribution in [-0.4, -0.2) is 20.7 Å². The number of rotatable bonds is 7. The van der Waals surface area contributed by atoms with Crippen molar-refractivity contribution >= 4 is 20.8 Å². The van der Waals surface area contributed by atoms with Crippen LogP contribution in [0.5, 0.6) is 0 Å². The minimum atomic E-state index is -3.24. The Balaban J connectivity index is 2.08. The Kier molecular flexibility index (Phi) is 5.59. The zero-order valence-electron chi connectivity index (χ0n) is 13.5. The predicted octanol–water partition coefficient (Wildman–Crippen LogP) is 3.91. The van der Waals surface area contributed by atoms with E-state index in [9.17, 15) is 8.42 Å². The van der Waals surface area contributed by atoms with Gasteiger partial charge < -0.3 is 0 Å². The second-order valence-electron chi connectivity index (χ2n) is 6.15. The minimum absolute atomic E-state index is 0.0287. The molecule has 2 unspecified atom stereocenters. The number of fused-ring (bicyclic) bond motifs is 1. The van der Waals surface area contributed by atoms with Crippen LogP contribution in [0.15, 0.2) is 42.5 Å². The molecule has 3 nitrogen and oxygen atoms in total. The molecule has 0 fully saturated rings. The highest BCUT2D eigenvalue weighted by atomic mass is 32.2. The fourth-order valence-electron chi connectivity index (χ4n) is 2.41. The highest BCUT2D eigenvalue weighted by molar-refractivity contribution is 7.89. The van der Waals surface area contributed by atoms with Crippen LogP contribution in [0.3, 0.4) is 0 Å². The summed E-state index contributed by atoms with van der Waals surface area (Å²) in [5, 5.41) is 2.33. The van der Waals surface area contributed by atoms with Gasteiger partial charge in [-0.3, -0.25) is 0 Å². The van der Waals surface area contributed by atoms with Crippen LogP contribution in [0.2, 0.25) is 0 Å². The second kappa shape index (κ2) is 7.25. The standard InChI is InChI=1S/C18H25NO2S/c1-4-14(2)12-19-22(20,21)13-15(3)17-10-9-16-7-5-6-8-18(16)11-17/h5-11,14-15,19H,4,12-13H2,1-3H3. The van der Waals surface area contributed by atoms with Crippen molar-refractivity contribution in [2.45, 2.75) is 33.1 Å². The highest BCUT2D eigenvalue weighted by Crippen LogP contribution is 2.22. The van der Waals surface area contributed by atoms with Crippen LogP contribution in [0.25, 0.3) is 10.8 Å². The van der Waals surface area contributed by atoms with Crippen molar-refractivity contribution in [1.82, 2.24) is 4.72 Å². The molecule has 0 bridgehead atoms. The van der Waals surface area contributed by atoms with Gasteiger partial charge in [-0.05, 0) is 28.2 Å². The average molecular weight is 319 g/mol. The van der Waals surface area contributed by atoms with E-state index in [4.69, 9.17) is 0 Å². The maximum absolute atomic E-state index is 12.2. The Labute approximate surface area is 133 Å². The van der Waals surface area contributed by atoms with E-state index in [1.807, 2.05) is 25.1 Å². The van der Waals surface area contributed by atoms with Gasteiger partial charge in [-0.2, -0.15) is 0 Å². The molecule has 0 heterocycles. The Morgan fingerprint density at radius 1 is 1.05 bits per heavy atom. The minimum Gasteiger partial charge on any atom is -0.215 e. The lowest BCUT2D eigenvalue weighted by Crippen LogP contribution is -2.32. The van der Waals surface area contributed by atoms with E-state index in [0.717, 1.165) is 17.4 Å². The van der Waals surface area contributed by atoms with Gasteiger partial charge in [0.2, 0.25) is 10.0 Å². The van der Waals surface area contributed by atoms with Crippen molar-refractivity contribution in [2.75, 3.05) is 12.3 Å². The highest BCUT2D eigenvalue weighted by Gasteiger charge is 2.17. The molecule has 4 heteroatoms. The van der Waals surface area contributed by atoms with E-state index in [1.165, 1.54) is 5.39 Å². The molecular weight excluding hydrogens is 294 g/mol. The molecule has 2 rings (SSSR count). The number of benzene rings is 2. The number of hydrogen-bond acceptors (Lipinski definition) is 2. The Hall–Kier alpha value is -1.39. The molecule has 0 aliphatic carbocycles. The van der Waals surface area contributed by atoms with E-state index in [0.29, 0.717) is 12.5 Å². The van der Waals surface area contributed by atoms with Gasteiger partial charge >= 0.3 is 0 Å². The van der Waals surface area contributed by atoms with Crippen LogP contribution < -0.4 is 4.72 Å². The lowest BCUT2D eigenvalue weighted by atomic mass is 9.99. The van der Waals surface area contributed by atoms with E-state index < -0.39 is 10.0 Å². The quantitative estimate of drug-likeness (QED) is 0.841. The Morgan fingerprint density at radius 2 is 1.73 bits per heavy atom. The summed E-state index contributed by atoms with van der Waals surface area (Å²) in [6, 6.07) is 14.3. The van der Waals surface area contributed by atoms with Crippen LogP contribution in [-0.2, 0) is 10.0 Å². The average Bonchev–Trinajstić information content (AvgIpc) is 2.51. The van der Waals surface area contributed by atoms with Crippen LogP contribution in [0.1, 0.15) is 38.7 Å². The van der Waals surface area contributed by atoms with Gasteiger partial charge in [0.25, 0.3) is 0 Å². The largest absolute Gasteiger partial charge is 0.215 e. The molecule has 0 aromatic heterocycles. The molecule has 2 aromatic carbocycles. The smallest absolute Gasteiger partial charge is 0.212 e. The lowest BCUT2D eigenvalue weighted by molar-refractivity contribution is 0.526. The van der Waals surface area contributed by atoms with Gasteiger partial charge in [-0.25, -0.2) is 13.1 Å². The zero-order chi connectivity index (χ0) is 16.2. The first kappa shape index (κ1) is 17.0. The molecule has 0 radical (unpaired) electrons. The SMILES string of the molecule is CCC(C)CNS(=O)(=O)CC(C)c1ccc2ccccc2c1. The third kappa shape index (κ3) is 4.55. The van der Waals surface area contributed by atoms with Gasteiger partial charge in [0, 0.05) is 6.54 Å². The van der Waals surface area contributed by atoms with E-state index in [1.54, 1.807) is 0 Å². The van der Waals surface area contributed by atoms with E-state index >= 15 is 0 Å². The maximum Gasteiger partial charge on any atom is 0.212 e. The molecule has 0 aliphatic rings. The van der Waals surface area contributed by atoms with Gasteiger partial charge in [0.05, 0.1) is 5.75 Å². The van der Waals surface area contributed by atoms with Crippen molar-refractivity contribution in [3.8, 4) is 0 Å². The normalized spacial score (nSPS) is 14.9. The third-order valence-electron chi connectivity index (χ3n) is 4.16. The first-order valence-corrected chi connectivity index (χ1v) is 9.52. The van der Waals surface area contributed by atoms with Crippen molar-refractivity contribution < 1.29 is 8.42 Å². The van der Waals surface area contributed by atoms with Crippen LogP contribution in [0.4, 0.5) is 0 Å². The van der Waals surface area contributed by atoms with Gasteiger partial charge in [-0.1, -0.05) is 69.7 Å². The first-order chi connectivity index (χ1) is 10.4. The summed E-state index contributed by atoms with van der Waals surface area (Å²) in [6.07, 6.45) is 0.975. The van der Waals surface area contributed by atoms with Crippen molar-refractivity contribution in [3.05, 3.63) is 48.0 Å². The van der Waals surface area contributed by atoms with E-state index in [-0.39, 0.29) is 11.7 Å². The number of nitrogens with one attached hydrogen (secondary N) is 1. The molecule has 0 spiro atoms. The maximum atomic E-state index is 12.2. The number of hydrogen-bond donors (Lipinski definition) is 1. The van der Waals surface area contributed by atoms with Crippen LogP contribution >= 0.6 is 0 Å². The number of sulfonamides is 1. The summed E-state index contributed by atoms with van der Waals surface area (Å²) in [7, 11) is -3.24. The summed E-state index contributed by atoms with van der Waals surface area (Å²) in [5.74, 6) is 0.465. The molecule has 2 aromatic rings. The predicted molar refractivity (Wildman–Crippen MR) is 93.6 cm³/mol. The summed E-state index contributed by atoms with van der Waals surface area (Å²) in [6.45, 7) is 6.60. The molecule has 0 saturated carbocycles. The molecule has 0 aliphatic heterocycles. The molecule has 0 amide bonds. The van der Waals surface area contributed by atoms with Crippen molar-refractivity contribution in [1.29, 1.82) is 0 Å². The topological polar surface area (TPSA) is 46.2 Å². The molecule has 1 N–H and O–H groups in total. The molecule has 2 atom stereocenters. The van der Waals surface area contributed by atoms with Crippen molar-refractivity contribution in [2.24, 2.45) is 5.92 Å². The van der Waals surface area contributed by atoms with E-state index in [2.05, 4.69) is 42.8 Å². The zero-order valence-corrected chi connectivity index (χ0v) is 14.4. The fourth-order valence-corrected chi connectivity index (χ4v) is 3.92. The molecular formula is C18H25NO2S. The second-order valence-corrected chi connectivity index (χ2v) is 8.00. The van der Waals surface area contributed by atoms with Gasteiger partial charge in [-0.15, -0.1) is 0 Å². The summed E-state index contributed by atoms with van der Waals surface area (Å²) in [4.78, 5) is 0. The summed E-state index contributed by atoms with van der Waals surface area (Å²) in [5.41, 5.74) is 1.06.